The highest BCUT2D eigenvalue weighted by atomic mass is 19.1. The van der Waals surface area contributed by atoms with Crippen LogP contribution < -0.4 is 5.32 Å². The van der Waals surface area contributed by atoms with Gasteiger partial charge in [0, 0.05) is 12.1 Å². The summed E-state index contributed by atoms with van der Waals surface area (Å²) in [4.78, 5) is 10.9. The molecule has 0 aliphatic carbocycles. The number of carbonyl (C=O) groups is 1. The van der Waals surface area contributed by atoms with E-state index >= 15 is 0 Å². The molecule has 70 valence electrons. The average Bonchev–Trinajstić information content (AvgIpc) is 2.51. The molecule has 1 amide bonds. The molecule has 0 saturated carbocycles. The molecule has 0 saturated heterocycles. The Bertz CT molecular complexity index is 323. The first-order chi connectivity index (χ1) is 6.27. The van der Waals surface area contributed by atoms with Crippen LogP contribution in [-0.2, 0) is 6.54 Å². The average molecular weight is 181 g/mol. The standard InChI is InChI=1S/C8H6FNO.C2H6/c9-6-1-2-7-5(3-6)4-10-8(7)11;1-2/h1-3H,4H2,(H,10,11);1-2H3. The van der Waals surface area contributed by atoms with Gasteiger partial charge in [-0.2, -0.15) is 0 Å². The van der Waals surface area contributed by atoms with Gasteiger partial charge < -0.3 is 5.32 Å². The van der Waals surface area contributed by atoms with Crippen LogP contribution in [-0.4, -0.2) is 5.91 Å². The van der Waals surface area contributed by atoms with Crippen molar-refractivity contribution in [3.63, 3.8) is 0 Å². The van der Waals surface area contributed by atoms with E-state index < -0.39 is 0 Å². The molecule has 0 atom stereocenters. The zero-order valence-corrected chi connectivity index (χ0v) is 7.73. The molecule has 1 aromatic carbocycles. The largest absolute Gasteiger partial charge is 0.348 e. The summed E-state index contributed by atoms with van der Waals surface area (Å²) in [5.41, 5.74) is 1.33. The van der Waals surface area contributed by atoms with Crippen LogP contribution in [0.2, 0.25) is 0 Å². The molecular weight excluding hydrogens is 169 g/mol. The Labute approximate surface area is 76.8 Å². The van der Waals surface area contributed by atoms with Gasteiger partial charge in [0.25, 0.3) is 5.91 Å². The third-order valence-corrected chi connectivity index (χ3v) is 1.75. The normalized spacial score (nSPS) is 12.7. The van der Waals surface area contributed by atoms with Gasteiger partial charge in [-0.15, -0.1) is 0 Å². The van der Waals surface area contributed by atoms with Crippen molar-refractivity contribution in [3.05, 3.63) is 35.1 Å². The summed E-state index contributed by atoms with van der Waals surface area (Å²) in [6.45, 7) is 4.45. The van der Waals surface area contributed by atoms with Crippen molar-refractivity contribution >= 4 is 5.91 Å². The Morgan fingerprint density at radius 3 is 2.77 bits per heavy atom. The number of benzene rings is 1. The summed E-state index contributed by atoms with van der Waals surface area (Å²) < 4.78 is 12.5. The molecule has 2 rings (SSSR count). The van der Waals surface area contributed by atoms with E-state index in [2.05, 4.69) is 5.32 Å². The summed E-state index contributed by atoms with van der Waals surface area (Å²) in [5, 5.41) is 2.61. The molecule has 0 spiro atoms. The van der Waals surface area contributed by atoms with Crippen molar-refractivity contribution < 1.29 is 9.18 Å². The molecule has 2 nitrogen and oxygen atoms in total. The van der Waals surface area contributed by atoms with E-state index in [1.807, 2.05) is 13.8 Å². The number of hydrogen-bond acceptors (Lipinski definition) is 1. The third kappa shape index (κ3) is 1.86. The maximum Gasteiger partial charge on any atom is 0.251 e. The van der Waals surface area contributed by atoms with Crippen molar-refractivity contribution in [1.82, 2.24) is 5.32 Å². The summed E-state index contributed by atoms with van der Waals surface area (Å²) in [7, 11) is 0. The van der Waals surface area contributed by atoms with E-state index in [0.717, 1.165) is 5.56 Å². The van der Waals surface area contributed by atoms with E-state index in [4.69, 9.17) is 0 Å². The quantitative estimate of drug-likeness (QED) is 0.652. The lowest BCUT2D eigenvalue weighted by atomic mass is 10.1. The Kier molecular flexibility index (Phi) is 3.01. The molecule has 3 heteroatoms. The number of nitrogens with one attached hydrogen (secondary N) is 1. The van der Waals surface area contributed by atoms with Crippen LogP contribution >= 0.6 is 0 Å². The van der Waals surface area contributed by atoms with Crippen LogP contribution in [0.4, 0.5) is 4.39 Å². The zero-order valence-electron chi connectivity index (χ0n) is 7.73. The number of hydrogen-bond donors (Lipinski definition) is 1. The first-order valence-electron chi connectivity index (χ1n) is 4.34. The molecular formula is C10H12FNO. The van der Waals surface area contributed by atoms with Crippen molar-refractivity contribution in [3.8, 4) is 0 Å². The van der Waals surface area contributed by atoms with E-state index in [1.54, 1.807) is 0 Å². The lowest BCUT2D eigenvalue weighted by molar-refractivity contribution is 0.0966. The Morgan fingerprint density at radius 1 is 1.38 bits per heavy atom. The van der Waals surface area contributed by atoms with Gasteiger partial charge >= 0.3 is 0 Å². The monoisotopic (exact) mass is 181 g/mol. The van der Waals surface area contributed by atoms with Gasteiger partial charge in [0.1, 0.15) is 5.82 Å². The molecule has 0 bridgehead atoms. The Hall–Kier alpha value is -1.38. The molecule has 1 heterocycles. The molecule has 13 heavy (non-hydrogen) atoms. The van der Waals surface area contributed by atoms with Gasteiger partial charge in [-0.25, -0.2) is 4.39 Å². The minimum absolute atomic E-state index is 0.111. The second-order valence-corrected chi connectivity index (χ2v) is 2.48. The second kappa shape index (κ2) is 4.03. The van der Waals surface area contributed by atoms with Gasteiger partial charge in [0.05, 0.1) is 0 Å². The zero-order chi connectivity index (χ0) is 9.84. The minimum Gasteiger partial charge on any atom is -0.348 e. The first-order valence-corrected chi connectivity index (χ1v) is 4.34. The van der Waals surface area contributed by atoms with Crippen molar-refractivity contribution in [2.24, 2.45) is 0 Å². The third-order valence-electron chi connectivity index (χ3n) is 1.75. The smallest absolute Gasteiger partial charge is 0.251 e. The first kappa shape index (κ1) is 9.71. The Morgan fingerprint density at radius 2 is 2.08 bits per heavy atom. The summed E-state index contributed by atoms with van der Waals surface area (Å²) in [5.74, 6) is -0.403. The van der Waals surface area contributed by atoms with Gasteiger partial charge in [-0.05, 0) is 23.8 Å². The number of carbonyl (C=O) groups excluding carboxylic acids is 1. The molecule has 1 aliphatic rings. The fourth-order valence-corrected chi connectivity index (χ4v) is 1.20. The maximum absolute atomic E-state index is 12.5. The van der Waals surface area contributed by atoms with Crippen LogP contribution in [0.25, 0.3) is 0 Å². The van der Waals surface area contributed by atoms with Crippen LogP contribution in [0.15, 0.2) is 18.2 Å². The Balaban J connectivity index is 0.000000396. The van der Waals surface area contributed by atoms with E-state index in [1.165, 1.54) is 18.2 Å². The van der Waals surface area contributed by atoms with Crippen molar-refractivity contribution in [1.29, 1.82) is 0 Å². The molecule has 1 aliphatic heterocycles. The highest BCUT2D eigenvalue weighted by Gasteiger charge is 2.17. The van der Waals surface area contributed by atoms with Gasteiger partial charge in [-0.1, -0.05) is 13.8 Å². The fraction of sp³-hybridized carbons (Fsp3) is 0.300. The number of halogens is 1. The number of fused-ring (bicyclic) bond motifs is 1. The predicted octanol–water partition coefficient (Wildman–Crippen LogP) is 2.10. The van der Waals surface area contributed by atoms with Crippen molar-refractivity contribution in [2.45, 2.75) is 20.4 Å². The number of amides is 1. The van der Waals surface area contributed by atoms with Gasteiger partial charge in [0.2, 0.25) is 0 Å². The van der Waals surface area contributed by atoms with Crippen LogP contribution in [0.5, 0.6) is 0 Å². The van der Waals surface area contributed by atoms with Gasteiger partial charge in [0.15, 0.2) is 0 Å². The lowest BCUT2D eigenvalue weighted by Gasteiger charge is -1.92. The molecule has 1 N–H and O–H groups in total. The van der Waals surface area contributed by atoms with Crippen LogP contribution in [0.1, 0.15) is 29.8 Å². The predicted molar refractivity (Wildman–Crippen MR) is 48.9 cm³/mol. The summed E-state index contributed by atoms with van der Waals surface area (Å²) in [6.07, 6.45) is 0. The topological polar surface area (TPSA) is 29.1 Å². The molecule has 1 aromatic rings. The molecule has 0 aromatic heterocycles. The lowest BCUT2D eigenvalue weighted by Crippen LogP contribution is -2.12. The number of rotatable bonds is 0. The van der Waals surface area contributed by atoms with Crippen molar-refractivity contribution in [2.75, 3.05) is 0 Å². The SMILES string of the molecule is CC.O=C1NCc2cc(F)ccc21. The molecule has 0 radical (unpaired) electrons. The van der Waals surface area contributed by atoms with E-state index in [9.17, 15) is 9.18 Å². The van der Waals surface area contributed by atoms with Crippen LogP contribution in [0.3, 0.4) is 0 Å². The van der Waals surface area contributed by atoms with Crippen LogP contribution in [0, 0.1) is 5.82 Å². The minimum atomic E-state index is -0.291. The highest BCUT2D eigenvalue weighted by molar-refractivity contribution is 5.98. The summed E-state index contributed by atoms with van der Waals surface area (Å²) >= 11 is 0. The van der Waals surface area contributed by atoms with E-state index in [-0.39, 0.29) is 11.7 Å². The summed E-state index contributed by atoms with van der Waals surface area (Å²) in [6, 6.07) is 4.18. The highest BCUT2D eigenvalue weighted by Crippen LogP contribution is 2.15. The molecule has 0 unspecified atom stereocenters. The second-order valence-electron chi connectivity index (χ2n) is 2.48. The maximum atomic E-state index is 12.5. The molecule has 0 fully saturated rings. The van der Waals surface area contributed by atoms with E-state index in [0.29, 0.717) is 12.1 Å². The van der Waals surface area contributed by atoms with Gasteiger partial charge in [-0.3, -0.25) is 4.79 Å². The fourth-order valence-electron chi connectivity index (χ4n) is 1.20.